The molecule has 82 valence electrons. The summed E-state index contributed by atoms with van der Waals surface area (Å²) in [5, 5.41) is 3.29. The van der Waals surface area contributed by atoms with Gasteiger partial charge in [0.15, 0.2) is 0 Å². The number of carbonyl (C=O) groups is 1. The van der Waals surface area contributed by atoms with E-state index in [2.05, 4.69) is 19.2 Å². The van der Waals surface area contributed by atoms with Gasteiger partial charge in [-0.1, -0.05) is 6.92 Å². The minimum atomic E-state index is -0.335. The molecular formula is C10H21N3O. The lowest BCUT2D eigenvalue weighted by Gasteiger charge is -2.40. The lowest BCUT2D eigenvalue weighted by Crippen LogP contribution is -2.60. The summed E-state index contributed by atoms with van der Waals surface area (Å²) in [5.74, 6) is 0.0917. The first kappa shape index (κ1) is 11.5. The Hall–Kier alpha value is -0.610. The zero-order valence-corrected chi connectivity index (χ0v) is 9.29. The highest BCUT2D eigenvalue weighted by Crippen LogP contribution is 2.11. The number of hydrogen-bond donors (Lipinski definition) is 2. The lowest BCUT2D eigenvalue weighted by atomic mass is 10.1. The van der Waals surface area contributed by atoms with E-state index in [1.807, 2.05) is 11.8 Å². The molecule has 4 heteroatoms. The molecule has 3 N–H and O–H groups in total. The molecule has 0 bridgehead atoms. The predicted octanol–water partition coefficient (Wildman–Crippen LogP) is -0.0675. The molecule has 1 heterocycles. The first-order valence-corrected chi connectivity index (χ1v) is 5.36. The second kappa shape index (κ2) is 4.75. The van der Waals surface area contributed by atoms with E-state index >= 15 is 0 Å². The van der Waals surface area contributed by atoms with Crippen molar-refractivity contribution in [1.82, 2.24) is 10.2 Å². The smallest absolute Gasteiger partial charge is 0.240 e. The summed E-state index contributed by atoms with van der Waals surface area (Å²) in [6.07, 6.45) is 0.711. The molecule has 1 fully saturated rings. The van der Waals surface area contributed by atoms with Crippen LogP contribution in [0, 0.1) is 0 Å². The minimum Gasteiger partial charge on any atom is -0.333 e. The van der Waals surface area contributed by atoms with E-state index in [0.717, 1.165) is 13.1 Å². The van der Waals surface area contributed by atoms with Gasteiger partial charge in [0.2, 0.25) is 5.91 Å². The Morgan fingerprint density at radius 2 is 2.00 bits per heavy atom. The number of hydrogen-bond acceptors (Lipinski definition) is 3. The third kappa shape index (κ3) is 2.25. The highest BCUT2D eigenvalue weighted by atomic mass is 16.2. The van der Waals surface area contributed by atoms with Gasteiger partial charge in [0.05, 0.1) is 6.04 Å². The maximum absolute atomic E-state index is 11.9. The first-order valence-electron chi connectivity index (χ1n) is 5.36. The first-order chi connectivity index (χ1) is 6.57. The number of nitrogens with zero attached hydrogens (tertiary/aromatic N) is 1. The topological polar surface area (TPSA) is 58.4 Å². The summed E-state index contributed by atoms with van der Waals surface area (Å²) in [4.78, 5) is 13.8. The summed E-state index contributed by atoms with van der Waals surface area (Å²) >= 11 is 0. The minimum absolute atomic E-state index is 0.0917. The molecule has 1 saturated heterocycles. The van der Waals surface area contributed by atoms with Crippen molar-refractivity contribution in [2.24, 2.45) is 5.73 Å². The molecule has 1 amide bonds. The van der Waals surface area contributed by atoms with Crippen LogP contribution in [0.4, 0.5) is 0 Å². The summed E-state index contributed by atoms with van der Waals surface area (Å²) in [7, 11) is 0. The van der Waals surface area contributed by atoms with Gasteiger partial charge in [0, 0.05) is 25.2 Å². The van der Waals surface area contributed by atoms with Crippen LogP contribution in [0.25, 0.3) is 0 Å². The molecule has 0 aromatic heterocycles. The SMILES string of the molecule is CCC(N)C(=O)N1C(C)CNCC1C. The van der Waals surface area contributed by atoms with Crippen LogP contribution in [0.2, 0.25) is 0 Å². The fourth-order valence-corrected chi connectivity index (χ4v) is 1.93. The molecular weight excluding hydrogens is 178 g/mol. The highest BCUT2D eigenvalue weighted by Gasteiger charge is 2.30. The predicted molar refractivity (Wildman–Crippen MR) is 56.9 cm³/mol. The van der Waals surface area contributed by atoms with E-state index in [1.54, 1.807) is 0 Å². The zero-order valence-electron chi connectivity index (χ0n) is 9.29. The molecule has 14 heavy (non-hydrogen) atoms. The third-order valence-corrected chi connectivity index (χ3v) is 2.84. The van der Waals surface area contributed by atoms with E-state index in [-0.39, 0.29) is 24.0 Å². The van der Waals surface area contributed by atoms with Gasteiger partial charge in [0.1, 0.15) is 0 Å². The van der Waals surface area contributed by atoms with E-state index in [9.17, 15) is 4.79 Å². The molecule has 0 aliphatic carbocycles. The Balaban J connectivity index is 2.67. The van der Waals surface area contributed by atoms with Crippen LogP contribution < -0.4 is 11.1 Å². The van der Waals surface area contributed by atoms with Gasteiger partial charge in [-0.2, -0.15) is 0 Å². The van der Waals surface area contributed by atoms with Crippen LogP contribution in [0.3, 0.4) is 0 Å². The van der Waals surface area contributed by atoms with Crippen molar-refractivity contribution in [3.63, 3.8) is 0 Å². The van der Waals surface area contributed by atoms with Gasteiger partial charge in [-0.25, -0.2) is 0 Å². The van der Waals surface area contributed by atoms with Crippen molar-refractivity contribution < 1.29 is 4.79 Å². The van der Waals surface area contributed by atoms with Crippen LogP contribution in [0.1, 0.15) is 27.2 Å². The van der Waals surface area contributed by atoms with Gasteiger partial charge in [-0.3, -0.25) is 4.79 Å². The molecule has 0 saturated carbocycles. The third-order valence-electron chi connectivity index (χ3n) is 2.84. The molecule has 1 rings (SSSR count). The monoisotopic (exact) mass is 199 g/mol. The van der Waals surface area contributed by atoms with Gasteiger partial charge >= 0.3 is 0 Å². The van der Waals surface area contributed by atoms with E-state index in [1.165, 1.54) is 0 Å². The maximum atomic E-state index is 11.9. The Morgan fingerprint density at radius 3 is 2.43 bits per heavy atom. The van der Waals surface area contributed by atoms with Crippen molar-refractivity contribution in [3.8, 4) is 0 Å². The molecule has 4 nitrogen and oxygen atoms in total. The van der Waals surface area contributed by atoms with Crippen molar-refractivity contribution in [2.75, 3.05) is 13.1 Å². The molecule has 3 unspecified atom stereocenters. The van der Waals surface area contributed by atoms with E-state index in [4.69, 9.17) is 5.73 Å². The van der Waals surface area contributed by atoms with Crippen LogP contribution in [0.5, 0.6) is 0 Å². The van der Waals surface area contributed by atoms with Crippen LogP contribution in [-0.4, -0.2) is 42.0 Å². The standard InChI is InChI=1S/C10H21N3O/c1-4-9(11)10(14)13-7(2)5-12-6-8(13)3/h7-9,12H,4-6,11H2,1-3H3. The lowest BCUT2D eigenvalue weighted by molar-refractivity contribution is -0.138. The van der Waals surface area contributed by atoms with E-state index < -0.39 is 0 Å². The van der Waals surface area contributed by atoms with E-state index in [0.29, 0.717) is 6.42 Å². The summed E-state index contributed by atoms with van der Waals surface area (Å²) in [6, 6.07) is 0.172. The molecule has 1 aliphatic rings. The normalized spacial score (nSPS) is 30.1. The fraction of sp³-hybridized carbons (Fsp3) is 0.900. The Labute approximate surface area is 85.8 Å². The number of nitrogens with one attached hydrogen (secondary N) is 1. The summed E-state index contributed by atoms with van der Waals surface area (Å²) < 4.78 is 0. The van der Waals surface area contributed by atoms with Crippen LogP contribution >= 0.6 is 0 Å². The van der Waals surface area contributed by atoms with Crippen molar-refractivity contribution in [2.45, 2.75) is 45.3 Å². The average Bonchev–Trinajstić information content (AvgIpc) is 2.16. The number of piperazine rings is 1. The number of amides is 1. The van der Waals surface area contributed by atoms with Gasteiger partial charge in [-0.15, -0.1) is 0 Å². The van der Waals surface area contributed by atoms with Gasteiger partial charge in [0.25, 0.3) is 0 Å². The summed E-state index contributed by atoms with van der Waals surface area (Å²) in [6.45, 7) is 7.80. The highest BCUT2D eigenvalue weighted by molar-refractivity contribution is 5.82. The quantitative estimate of drug-likeness (QED) is 0.654. The molecule has 0 spiro atoms. The van der Waals surface area contributed by atoms with Gasteiger partial charge < -0.3 is 16.0 Å². The summed E-state index contributed by atoms with van der Waals surface area (Å²) in [5.41, 5.74) is 5.76. The number of nitrogens with two attached hydrogens (primary N) is 1. The maximum Gasteiger partial charge on any atom is 0.240 e. The molecule has 0 radical (unpaired) electrons. The molecule has 0 aromatic rings. The number of carbonyl (C=O) groups excluding carboxylic acids is 1. The largest absolute Gasteiger partial charge is 0.333 e. The van der Waals surface area contributed by atoms with Crippen LogP contribution in [0.15, 0.2) is 0 Å². The molecule has 3 atom stereocenters. The Bertz CT molecular complexity index is 198. The number of rotatable bonds is 2. The second-order valence-electron chi connectivity index (χ2n) is 4.12. The van der Waals surface area contributed by atoms with Crippen molar-refractivity contribution in [3.05, 3.63) is 0 Å². The van der Waals surface area contributed by atoms with Crippen LogP contribution in [-0.2, 0) is 4.79 Å². The molecule has 0 aromatic carbocycles. The van der Waals surface area contributed by atoms with Gasteiger partial charge in [-0.05, 0) is 20.3 Å². The van der Waals surface area contributed by atoms with Crippen molar-refractivity contribution >= 4 is 5.91 Å². The van der Waals surface area contributed by atoms with Crippen molar-refractivity contribution in [1.29, 1.82) is 0 Å². The molecule has 1 aliphatic heterocycles. The Morgan fingerprint density at radius 1 is 1.50 bits per heavy atom. The Kier molecular flexibility index (Phi) is 3.89. The second-order valence-corrected chi connectivity index (χ2v) is 4.12. The average molecular weight is 199 g/mol. The fourth-order valence-electron chi connectivity index (χ4n) is 1.93. The zero-order chi connectivity index (χ0) is 10.7.